The van der Waals surface area contributed by atoms with E-state index in [1.807, 2.05) is 29.7 Å². The van der Waals surface area contributed by atoms with Crippen LogP contribution in [0.5, 0.6) is 0 Å². The van der Waals surface area contributed by atoms with E-state index in [1.54, 1.807) is 6.20 Å². The first-order chi connectivity index (χ1) is 11.1. The number of hydrogen-bond donors (Lipinski definition) is 2. The van der Waals surface area contributed by atoms with Gasteiger partial charge in [0.25, 0.3) is 5.91 Å². The van der Waals surface area contributed by atoms with Crippen LogP contribution in [0.1, 0.15) is 20.1 Å². The molecule has 0 aliphatic carbocycles. The third kappa shape index (κ3) is 3.97. The number of pyridine rings is 1. The monoisotopic (exact) mass is 328 g/mol. The van der Waals surface area contributed by atoms with Crippen LogP contribution in [0.25, 0.3) is 11.0 Å². The number of nitrogens with one attached hydrogen (secondary N) is 2. The van der Waals surface area contributed by atoms with E-state index in [1.165, 1.54) is 9.75 Å². The highest BCUT2D eigenvalue weighted by atomic mass is 32.1. The van der Waals surface area contributed by atoms with Crippen molar-refractivity contribution in [2.75, 3.05) is 20.1 Å². The third-order valence-electron chi connectivity index (χ3n) is 3.66. The second-order valence-corrected chi connectivity index (χ2v) is 7.01. The van der Waals surface area contributed by atoms with Gasteiger partial charge in [0.2, 0.25) is 0 Å². The van der Waals surface area contributed by atoms with E-state index < -0.39 is 0 Å². The fourth-order valence-corrected chi connectivity index (χ4v) is 3.41. The highest BCUT2D eigenvalue weighted by Crippen LogP contribution is 2.16. The molecule has 3 rings (SSSR count). The Labute approximate surface area is 139 Å². The average Bonchev–Trinajstić information content (AvgIpc) is 3.15. The molecule has 0 unspecified atom stereocenters. The number of nitrogens with zero attached hydrogens (tertiary/aromatic N) is 2. The van der Waals surface area contributed by atoms with Crippen molar-refractivity contribution >= 4 is 28.3 Å². The second kappa shape index (κ2) is 6.93. The van der Waals surface area contributed by atoms with Gasteiger partial charge in [-0.2, -0.15) is 0 Å². The van der Waals surface area contributed by atoms with Crippen LogP contribution in [0, 0.1) is 6.92 Å². The number of thiophene rings is 1. The van der Waals surface area contributed by atoms with Crippen LogP contribution in [0.3, 0.4) is 0 Å². The molecule has 23 heavy (non-hydrogen) atoms. The molecule has 0 spiro atoms. The summed E-state index contributed by atoms with van der Waals surface area (Å²) in [7, 11) is 2.06. The lowest BCUT2D eigenvalue weighted by Gasteiger charge is -2.15. The molecular weight excluding hydrogens is 308 g/mol. The molecule has 120 valence electrons. The average molecular weight is 328 g/mol. The topological polar surface area (TPSA) is 61.0 Å². The fraction of sp³-hybridized carbons (Fsp3) is 0.294. The van der Waals surface area contributed by atoms with Gasteiger partial charge in [0.05, 0.1) is 16.6 Å². The zero-order chi connectivity index (χ0) is 16.2. The molecule has 0 saturated heterocycles. The summed E-state index contributed by atoms with van der Waals surface area (Å²) in [6, 6.07) is 8.01. The van der Waals surface area contributed by atoms with Gasteiger partial charge in [0.1, 0.15) is 0 Å². The van der Waals surface area contributed by atoms with E-state index in [2.05, 4.69) is 46.3 Å². The number of aryl methyl sites for hydroxylation is 1. The first kappa shape index (κ1) is 15.7. The van der Waals surface area contributed by atoms with Crippen molar-refractivity contribution in [3.63, 3.8) is 0 Å². The Morgan fingerprint density at radius 1 is 1.39 bits per heavy atom. The first-order valence-corrected chi connectivity index (χ1v) is 8.38. The van der Waals surface area contributed by atoms with Gasteiger partial charge in [-0.15, -0.1) is 11.3 Å². The number of aromatic amines is 1. The van der Waals surface area contributed by atoms with Gasteiger partial charge < -0.3 is 10.3 Å². The molecule has 5 nitrogen and oxygen atoms in total. The van der Waals surface area contributed by atoms with E-state index in [0.717, 1.165) is 24.1 Å². The van der Waals surface area contributed by atoms with Crippen molar-refractivity contribution in [2.45, 2.75) is 13.5 Å². The van der Waals surface area contributed by atoms with E-state index in [-0.39, 0.29) is 5.91 Å². The number of fused-ring (bicyclic) bond motifs is 1. The van der Waals surface area contributed by atoms with Crippen molar-refractivity contribution in [1.82, 2.24) is 20.2 Å². The smallest absolute Gasteiger partial charge is 0.252 e. The number of carbonyl (C=O) groups is 1. The van der Waals surface area contributed by atoms with Gasteiger partial charge in [0.15, 0.2) is 0 Å². The molecule has 0 atom stereocenters. The summed E-state index contributed by atoms with van der Waals surface area (Å²) in [6.07, 6.45) is 3.43. The van der Waals surface area contributed by atoms with Gasteiger partial charge in [-0.1, -0.05) is 0 Å². The maximum Gasteiger partial charge on any atom is 0.252 e. The zero-order valence-corrected chi connectivity index (χ0v) is 14.1. The number of aromatic nitrogens is 2. The predicted octanol–water partition coefficient (Wildman–Crippen LogP) is 2.79. The molecule has 0 aliphatic rings. The summed E-state index contributed by atoms with van der Waals surface area (Å²) in [5.74, 6) is -0.0885. The van der Waals surface area contributed by atoms with Crippen molar-refractivity contribution in [2.24, 2.45) is 0 Å². The maximum atomic E-state index is 12.2. The van der Waals surface area contributed by atoms with Gasteiger partial charge in [-0.25, -0.2) is 0 Å². The number of hydrogen-bond acceptors (Lipinski definition) is 4. The van der Waals surface area contributed by atoms with Crippen LogP contribution in [-0.2, 0) is 6.54 Å². The molecule has 0 bridgehead atoms. The normalized spacial score (nSPS) is 11.3. The van der Waals surface area contributed by atoms with Crippen molar-refractivity contribution in [3.05, 3.63) is 52.0 Å². The third-order valence-corrected chi connectivity index (χ3v) is 4.65. The molecule has 0 radical (unpaired) electrons. The minimum atomic E-state index is -0.0885. The van der Waals surface area contributed by atoms with Gasteiger partial charge in [-0.3, -0.25) is 14.7 Å². The lowest BCUT2D eigenvalue weighted by Crippen LogP contribution is -2.32. The Bertz CT molecular complexity index is 808. The molecule has 3 aromatic heterocycles. The van der Waals surface area contributed by atoms with E-state index in [0.29, 0.717) is 12.1 Å². The van der Waals surface area contributed by atoms with Gasteiger partial charge >= 0.3 is 0 Å². The molecule has 0 fully saturated rings. The number of rotatable bonds is 6. The molecule has 0 aromatic carbocycles. The summed E-state index contributed by atoms with van der Waals surface area (Å²) in [4.78, 5) is 24.4. The Kier molecular flexibility index (Phi) is 4.73. The van der Waals surface area contributed by atoms with Crippen LogP contribution in [-0.4, -0.2) is 40.9 Å². The van der Waals surface area contributed by atoms with Crippen LogP contribution in [0.15, 0.2) is 36.7 Å². The maximum absolute atomic E-state index is 12.2. The number of H-pyrrole nitrogens is 1. The van der Waals surface area contributed by atoms with E-state index in [9.17, 15) is 4.79 Å². The molecule has 6 heteroatoms. The highest BCUT2D eigenvalue weighted by Gasteiger charge is 2.08. The van der Waals surface area contributed by atoms with Gasteiger partial charge in [0, 0.05) is 41.8 Å². The molecule has 3 heterocycles. The summed E-state index contributed by atoms with van der Waals surface area (Å²) in [5, 5.41) is 2.95. The molecule has 0 aliphatic heterocycles. The minimum Gasteiger partial charge on any atom is -0.360 e. The lowest BCUT2D eigenvalue weighted by atomic mass is 10.2. The van der Waals surface area contributed by atoms with Crippen molar-refractivity contribution in [1.29, 1.82) is 0 Å². The lowest BCUT2D eigenvalue weighted by molar-refractivity contribution is 0.0949. The zero-order valence-electron chi connectivity index (χ0n) is 13.3. The second-order valence-electron chi connectivity index (χ2n) is 5.64. The van der Waals surface area contributed by atoms with E-state index in [4.69, 9.17) is 0 Å². The Balaban J connectivity index is 1.48. The van der Waals surface area contributed by atoms with Crippen LogP contribution >= 0.6 is 11.3 Å². The molecule has 1 amide bonds. The summed E-state index contributed by atoms with van der Waals surface area (Å²) < 4.78 is 0. The largest absolute Gasteiger partial charge is 0.360 e. The summed E-state index contributed by atoms with van der Waals surface area (Å²) >= 11 is 1.81. The van der Waals surface area contributed by atoms with Gasteiger partial charge in [-0.05, 0) is 38.2 Å². The van der Waals surface area contributed by atoms with Crippen molar-refractivity contribution < 1.29 is 4.79 Å². The standard InChI is InChI=1S/C17H20N4OS/c1-12-3-4-14(23-12)11-21(2)8-7-19-17(22)13-9-16-15(20-10-13)5-6-18-16/h3-6,9-10,18H,7-8,11H2,1-2H3,(H,19,22). The highest BCUT2D eigenvalue weighted by molar-refractivity contribution is 7.11. The SMILES string of the molecule is Cc1ccc(CN(C)CCNC(=O)c2cnc3cc[nH]c3c2)s1. The number of carbonyl (C=O) groups excluding carboxylic acids is 1. The van der Waals surface area contributed by atoms with Crippen molar-refractivity contribution in [3.8, 4) is 0 Å². The number of amides is 1. The summed E-state index contributed by atoms with van der Waals surface area (Å²) in [5.41, 5.74) is 2.33. The molecular formula is C17H20N4OS. The van der Waals surface area contributed by atoms with Crippen LogP contribution in [0.2, 0.25) is 0 Å². The molecule has 2 N–H and O–H groups in total. The van der Waals surface area contributed by atoms with E-state index >= 15 is 0 Å². The summed E-state index contributed by atoms with van der Waals surface area (Å²) in [6.45, 7) is 4.44. The molecule has 0 saturated carbocycles. The molecule has 3 aromatic rings. The Morgan fingerprint density at radius 3 is 3.04 bits per heavy atom. The Morgan fingerprint density at radius 2 is 2.26 bits per heavy atom. The minimum absolute atomic E-state index is 0.0885. The fourth-order valence-electron chi connectivity index (χ4n) is 2.44. The van der Waals surface area contributed by atoms with Crippen LogP contribution in [0.4, 0.5) is 0 Å². The van der Waals surface area contributed by atoms with Crippen LogP contribution < -0.4 is 5.32 Å². The predicted molar refractivity (Wildman–Crippen MR) is 93.8 cm³/mol. The quantitative estimate of drug-likeness (QED) is 0.731. The number of likely N-dealkylation sites (N-methyl/N-ethyl adjacent to an activating group) is 1. The first-order valence-electron chi connectivity index (χ1n) is 7.57. The Hall–Kier alpha value is -2.18.